The number of nitrogens with zero attached hydrogens (tertiary/aromatic N) is 1. The number of rotatable bonds is 1. The Kier molecular flexibility index (Phi) is 1.78. The SMILES string of the molecule is CCn1c2cc[c]cc2c2ccccc21. The minimum absolute atomic E-state index is 1.01. The van der Waals surface area contributed by atoms with Crippen molar-refractivity contribution in [3.63, 3.8) is 0 Å². The zero-order chi connectivity index (χ0) is 10.3. The molecule has 0 amide bonds. The molecule has 0 bridgehead atoms. The molecule has 3 rings (SSSR count). The quantitative estimate of drug-likeness (QED) is 0.557. The molecule has 73 valence electrons. The van der Waals surface area contributed by atoms with E-state index in [-0.39, 0.29) is 0 Å². The van der Waals surface area contributed by atoms with Gasteiger partial charge in [-0.15, -0.1) is 0 Å². The molecule has 1 radical (unpaired) electrons. The van der Waals surface area contributed by atoms with Crippen LogP contribution in [0.25, 0.3) is 21.8 Å². The first-order valence-corrected chi connectivity index (χ1v) is 5.29. The smallest absolute Gasteiger partial charge is 0.0491 e. The van der Waals surface area contributed by atoms with Crippen molar-refractivity contribution < 1.29 is 0 Å². The number of hydrogen-bond acceptors (Lipinski definition) is 0. The second-order valence-electron chi connectivity index (χ2n) is 3.70. The Hall–Kier alpha value is -1.76. The van der Waals surface area contributed by atoms with Crippen molar-refractivity contribution in [1.29, 1.82) is 0 Å². The van der Waals surface area contributed by atoms with E-state index in [9.17, 15) is 0 Å². The molecule has 0 saturated carbocycles. The lowest BCUT2D eigenvalue weighted by molar-refractivity contribution is 0.827. The highest BCUT2D eigenvalue weighted by molar-refractivity contribution is 6.07. The zero-order valence-electron chi connectivity index (χ0n) is 8.70. The summed E-state index contributed by atoms with van der Waals surface area (Å²) in [7, 11) is 0. The van der Waals surface area contributed by atoms with Crippen LogP contribution in [-0.2, 0) is 6.54 Å². The summed E-state index contributed by atoms with van der Waals surface area (Å²) in [5.41, 5.74) is 2.62. The summed E-state index contributed by atoms with van der Waals surface area (Å²) in [6.07, 6.45) is 0. The van der Waals surface area contributed by atoms with Crippen LogP contribution in [0.5, 0.6) is 0 Å². The summed E-state index contributed by atoms with van der Waals surface area (Å²) in [4.78, 5) is 0. The number of fused-ring (bicyclic) bond motifs is 3. The largest absolute Gasteiger partial charge is 0.341 e. The third-order valence-corrected chi connectivity index (χ3v) is 2.93. The van der Waals surface area contributed by atoms with Gasteiger partial charge in [-0.25, -0.2) is 0 Å². The maximum Gasteiger partial charge on any atom is 0.0491 e. The number of para-hydroxylation sites is 1. The fourth-order valence-corrected chi connectivity index (χ4v) is 2.28. The van der Waals surface area contributed by atoms with Crippen LogP contribution in [0.4, 0.5) is 0 Å². The molecule has 0 fully saturated rings. The maximum atomic E-state index is 3.15. The van der Waals surface area contributed by atoms with Crippen LogP contribution in [0.3, 0.4) is 0 Å². The molecule has 1 heteroatoms. The van der Waals surface area contributed by atoms with Gasteiger partial charge in [0.2, 0.25) is 0 Å². The topological polar surface area (TPSA) is 4.93 Å². The first-order chi connectivity index (χ1) is 7.42. The van der Waals surface area contributed by atoms with Gasteiger partial charge in [-0.05, 0) is 31.2 Å². The third-order valence-electron chi connectivity index (χ3n) is 2.93. The highest BCUT2D eigenvalue weighted by atomic mass is 15.0. The van der Waals surface area contributed by atoms with Crippen LogP contribution in [0.1, 0.15) is 6.92 Å². The van der Waals surface area contributed by atoms with Crippen molar-refractivity contribution >= 4 is 21.8 Å². The second kappa shape index (κ2) is 3.13. The number of aryl methyl sites for hydroxylation is 1. The fourth-order valence-electron chi connectivity index (χ4n) is 2.28. The highest BCUT2D eigenvalue weighted by Crippen LogP contribution is 2.27. The number of aromatic nitrogens is 1. The van der Waals surface area contributed by atoms with Crippen molar-refractivity contribution in [2.24, 2.45) is 0 Å². The Balaban J connectivity index is 2.62. The van der Waals surface area contributed by atoms with Gasteiger partial charge in [0, 0.05) is 28.4 Å². The van der Waals surface area contributed by atoms with Crippen LogP contribution in [0.2, 0.25) is 0 Å². The Bertz CT molecular complexity index is 566. The number of benzene rings is 2. The minimum Gasteiger partial charge on any atom is -0.341 e. The van der Waals surface area contributed by atoms with E-state index in [1.54, 1.807) is 0 Å². The molecule has 0 atom stereocenters. The summed E-state index contributed by atoms with van der Waals surface area (Å²) in [6.45, 7) is 3.19. The predicted molar refractivity (Wildman–Crippen MR) is 64.0 cm³/mol. The lowest BCUT2D eigenvalue weighted by atomic mass is 10.2. The lowest BCUT2D eigenvalue weighted by Crippen LogP contribution is -1.91. The van der Waals surface area contributed by atoms with E-state index in [2.05, 4.69) is 54.0 Å². The molecule has 15 heavy (non-hydrogen) atoms. The van der Waals surface area contributed by atoms with Crippen LogP contribution >= 0.6 is 0 Å². The molecule has 1 heterocycles. The Morgan fingerprint density at radius 3 is 2.73 bits per heavy atom. The molecule has 0 N–H and O–H groups in total. The minimum atomic E-state index is 1.01. The van der Waals surface area contributed by atoms with Gasteiger partial charge < -0.3 is 4.57 Å². The van der Waals surface area contributed by atoms with E-state index in [0.717, 1.165) is 6.54 Å². The fraction of sp³-hybridized carbons (Fsp3) is 0.143. The molecule has 3 aromatic rings. The first-order valence-electron chi connectivity index (χ1n) is 5.29. The average Bonchev–Trinajstić information content (AvgIpc) is 2.63. The molecular formula is C14H12N. The summed E-state index contributed by atoms with van der Waals surface area (Å²) in [5.74, 6) is 0. The van der Waals surface area contributed by atoms with E-state index in [4.69, 9.17) is 0 Å². The van der Waals surface area contributed by atoms with E-state index < -0.39 is 0 Å². The lowest BCUT2D eigenvalue weighted by Gasteiger charge is -2.01. The summed E-state index contributed by atoms with van der Waals surface area (Å²) < 4.78 is 2.35. The van der Waals surface area contributed by atoms with Crippen molar-refractivity contribution in [2.75, 3.05) is 0 Å². The Morgan fingerprint density at radius 2 is 1.87 bits per heavy atom. The zero-order valence-corrected chi connectivity index (χ0v) is 8.70. The Morgan fingerprint density at radius 1 is 1.07 bits per heavy atom. The van der Waals surface area contributed by atoms with E-state index >= 15 is 0 Å². The summed E-state index contributed by atoms with van der Waals surface area (Å²) in [5, 5.41) is 2.63. The first kappa shape index (κ1) is 8.54. The van der Waals surface area contributed by atoms with Crippen LogP contribution in [-0.4, -0.2) is 4.57 Å². The van der Waals surface area contributed by atoms with Crippen LogP contribution in [0, 0.1) is 6.07 Å². The third kappa shape index (κ3) is 1.09. The van der Waals surface area contributed by atoms with Crippen LogP contribution in [0.15, 0.2) is 42.5 Å². The molecule has 0 unspecified atom stereocenters. The molecule has 0 saturated heterocycles. The number of hydrogen-bond donors (Lipinski definition) is 0. The van der Waals surface area contributed by atoms with Gasteiger partial charge in [0.15, 0.2) is 0 Å². The molecule has 0 aliphatic rings. The average molecular weight is 194 g/mol. The monoisotopic (exact) mass is 194 g/mol. The molecule has 0 aliphatic heterocycles. The van der Waals surface area contributed by atoms with Gasteiger partial charge in [-0.3, -0.25) is 0 Å². The molecule has 0 spiro atoms. The van der Waals surface area contributed by atoms with Crippen molar-refractivity contribution in [3.05, 3.63) is 48.5 Å². The maximum absolute atomic E-state index is 3.15. The normalized spacial score (nSPS) is 11.3. The summed E-state index contributed by atoms with van der Waals surface area (Å²) >= 11 is 0. The van der Waals surface area contributed by atoms with Crippen LogP contribution < -0.4 is 0 Å². The van der Waals surface area contributed by atoms with Gasteiger partial charge in [0.1, 0.15) is 0 Å². The highest BCUT2D eigenvalue weighted by Gasteiger charge is 2.06. The van der Waals surface area contributed by atoms with Gasteiger partial charge in [-0.1, -0.05) is 24.3 Å². The standard InChI is InChI=1S/C14H12N/c1-2-15-13-9-5-3-7-11(13)12-8-4-6-10-14(12)15/h3,5-10H,2H2,1H3. The second-order valence-corrected chi connectivity index (χ2v) is 3.70. The molecule has 1 aromatic heterocycles. The molecular weight excluding hydrogens is 182 g/mol. The van der Waals surface area contributed by atoms with Gasteiger partial charge >= 0.3 is 0 Å². The van der Waals surface area contributed by atoms with Gasteiger partial charge in [0.05, 0.1) is 0 Å². The van der Waals surface area contributed by atoms with E-state index in [1.165, 1.54) is 21.8 Å². The molecule has 2 aromatic carbocycles. The molecule has 0 aliphatic carbocycles. The summed E-state index contributed by atoms with van der Waals surface area (Å²) in [6, 6.07) is 17.9. The van der Waals surface area contributed by atoms with Crippen molar-refractivity contribution in [3.8, 4) is 0 Å². The predicted octanol–water partition coefficient (Wildman–Crippen LogP) is 3.61. The molecule has 1 nitrogen and oxygen atoms in total. The van der Waals surface area contributed by atoms with Gasteiger partial charge in [-0.2, -0.15) is 0 Å². The van der Waals surface area contributed by atoms with Gasteiger partial charge in [0.25, 0.3) is 0 Å². The van der Waals surface area contributed by atoms with Crippen molar-refractivity contribution in [1.82, 2.24) is 4.57 Å². The van der Waals surface area contributed by atoms with E-state index in [1.807, 2.05) is 6.07 Å². The van der Waals surface area contributed by atoms with Crippen molar-refractivity contribution in [2.45, 2.75) is 13.5 Å². The van der Waals surface area contributed by atoms with E-state index in [0.29, 0.717) is 0 Å². The Labute approximate surface area is 88.9 Å².